The number of aromatic nitrogens is 3. The second-order valence-corrected chi connectivity index (χ2v) is 7.15. The normalized spacial score (nSPS) is 12.4. The minimum absolute atomic E-state index is 0.155. The first-order valence-electron chi connectivity index (χ1n) is 8.53. The molecule has 5 nitrogen and oxygen atoms in total. The summed E-state index contributed by atoms with van der Waals surface area (Å²) in [4.78, 5) is 25.6. The van der Waals surface area contributed by atoms with Gasteiger partial charge in [0.15, 0.2) is 0 Å². The van der Waals surface area contributed by atoms with Gasteiger partial charge in [-0.3, -0.25) is 9.78 Å². The number of nitrogens with one attached hydrogen (secondary N) is 1. The summed E-state index contributed by atoms with van der Waals surface area (Å²) in [6, 6.07) is 13.3. The molecule has 0 bridgehead atoms. The Morgan fingerprint density at radius 1 is 0.923 bits per heavy atom. The van der Waals surface area contributed by atoms with E-state index in [1.54, 1.807) is 24.8 Å². The molecule has 0 radical (unpaired) electrons. The van der Waals surface area contributed by atoms with Gasteiger partial charge in [0.25, 0.3) is 5.91 Å². The van der Waals surface area contributed by atoms with E-state index in [1.807, 2.05) is 63.2 Å². The fraction of sp³-hybridized carbons (Fsp3) is 0.238. The van der Waals surface area contributed by atoms with Gasteiger partial charge < -0.3 is 5.32 Å². The predicted molar refractivity (Wildman–Crippen MR) is 101 cm³/mol. The van der Waals surface area contributed by atoms with Crippen LogP contribution in [0.25, 0.3) is 0 Å². The molecule has 1 N–H and O–H groups in total. The van der Waals surface area contributed by atoms with E-state index in [2.05, 4.69) is 20.3 Å². The van der Waals surface area contributed by atoms with Crippen LogP contribution in [-0.2, 0) is 5.41 Å². The molecule has 1 unspecified atom stereocenters. The molecule has 2 aromatic heterocycles. The van der Waals surface area contributed by atoms with Crippen LogP contribution in [0.2, 0.25) is 0 Å². The van der Waals surface area contributed by atoms with Crippen molar-refractivity contribution in [2.45, 2.75) is 32.2 Å². The van der Waals surface area contributed by atoms with Crippen LogP contribution in [0.4, 0.5) is 0 Å². The average Bonchev–Trinajstić information content (AvgIpc) is 2.67. The third kappa shape index (κ3) is 4.11. The molecule has 0 saturated carbocycles. The van der Waals surface area contributed by atoms with Crippen molar-refractivity contribution >= 4 is 5.91 Å². The van der Waals surface area contributed by atoms with Crippen molar-refractivity contribution in [2.24, 2.45) is 0 Å². The molecule has 132 valence electrons. The molecule has 0 spiro atoms. The molecule has 3 rings (SSSR count). The molecule has 0 saturated heterocycles. The monoisotopic (exact) mass is 346 g/mol. The Kier molecular flexibility index (Phi) is 5.07. The number of carbonyl (C=O) groups is 1. The van der Waals surface area contributed by atoms with E-state index in [9.17, 15) is 4.79 Å². The Morgan fingerprint density at radius 2 is 1.58 bits per heavy atom. The minimum atomic E-state index is -0.292. The third-order valence-corrected chi connectivity index (χ3v) is 4.01. The summed E-state index contributed by atoms with van der Waals surface area (Å²) in [6.45, 7) is 6.11. The van der Waals surface area contributed by atoms with Gasteiger partial charge in [0.1, 0.15) is 5.82 Å². The minimum Gasteiger partial charge on any atom is -0.341 e. The van der Waals surface area contributed by atoms with Crippen molar-refractivity contribution in [3.05, 3.63) is 89.8 Å². The first kappa shape index (κ1) is 17.7. The molecule has 3 aromatic rings. The third-order valence-electron chi connectivity index (χ3n) is 4.01. The van der Waals surface area contributed by atoms with Gasteiger partial charge in [0.2, 0.25) is 0 Å². The van der Waals surface area contributed by atoms with Gasteiger partial charge in [0.05, 0.1) is 11.6 Å². The highest BCUT2D eigenvalue weighted by atomic mass is 16.1. The van der Waals surface area contributed by atoms with Gasteiger partial charge in [-0.25, -0.2) is 9.97 Å². The van der Waals surface area contributed by atoms with E-state index in [0.717, 1.165) is 11.1 Å². The standard InChI is InChI=1S/C21H22N4O/c1-21(2,3)20-23-13-17(14-24-20)19(26)25-18(15-8-5-4-6-9-15)16-10-7-11-22-12-16/h4-14,18H,1-3H3,(H,25,26). The van der Waals surface area contributed by atoms with Crippen molar-refractivity contribution in [2.75, 3.05) is 0 Å². The highest BCUT2D eigenvalue weighted by molar-refractivity contribution is 5.94. The summed E-state index contributed by atoms with van der Waals surface area (Å²) in [7, 11) is 0. The van der Waals surface area contributed by atoms with Crippen LogP contribution >= 0.6 is 0 Å². The first-order valence-corrected chi connectivity index (χ1v) is 8.53. The Balaban J connectivity index is 1.86. The lowest BCUT2D eigenvalue weighted by Crippen LogP contribution is -2.30. The lowest BCUT2D eigenvalue weighted by atomic mass is 9.96. The second-order valence-electron chi connectivity index (χ2n) is 7.15. The van der Waals surface area contributed by atoms with Crippen molar-refractivity contribution in [1.82, 2.24) is 20.3 Å². The molecule has 1 aromatic carbocycles. The number of pyridine rings is 1. The molecule has 2 heterocycles. The van der Waals surface area contributed by atoms with Crippen molar-refractivity contribution in [1.29, 1.82) is 0 Å². The molecule has 5 heteroatoms. The molecule has 1 amide bonds. The number of hydrogen-bond acceptors (Lipinski definition) is 4. The molecule has 1 atom stereocenters. The van der Waals surface area contributed by atoms with E-state index in [-0.39, 0.29) is 17.4 Å². The summed E-state index contributed by atoms with van der Waals surface area (Å²) in [5.41, 5.74) is 2.18. The quantitative estimate of drug-likeness (QED) is 0.782. The highest BCUT2D eigenvalue weighted by Gasteiger charge is 2.20. The predicted octanol–water partition coefficient (Wildman–Crippen LogP) is 3.69. The van der Waals surface area contributed by atoms with Gasteiger partial charge in [-0.15, -0.1) is 0 Å². The number of nitrogens with zero attached hydrogens (tertiary/aromatic N) is 3. The van der Waals surface area contributed by atoms with Crippen LogP contribution in [-0.4, -0.2) is 20.9 Å². The van der Waals surface area contributed by atoms with E-state index in [1.165, 1.54) is 0 Å². The summed E-state index contributed by atoms with van der Waals surface area (Å²) in [5.74, 6) is 0.490. The molecule has 0 fully saturated rings. The highest BCUT2D eigenvalue weighted by Crippen LogP contribution is 2.22. The number of benzene rings is 1. The number of carbonyl (C=O) groups excluding carboxylic acids is 1. The largest absolute Gasteiger partial charge is 0.341 e. The van der Waals surface area contributed by atoms with Gasteiger partial charge in [0, 0.05) is 30.2 Å². The lowest BCUT2D eigenvalue weighted by Gasteiger charge is -2.20. The molecular formula is C21H22N4O. The van der Waals surface area contributed by atoms with Crippen molar-refractivity contribution in [3.63, 3.8) is 0 Å². The molecule has 0 aliphatic heterocycles. The van der Waals surface area contributed by atoms with E-state index in [0.29, 0.717) is 11.4 Å². The molecule has 26 heavy (non-hydrogen) atoms. The van der Waals surface area contributed by atoms with Crippen LogP contribution in [0.5, 0.6) is 0 Å². The Hall–Kier alpha value is -3.08. The number of hydrogen-bond donors (Lipinski definition) is 1. The van der Waals surface area contributed by atoms with Gasteiger partial charge >= 0.3 is 0 Å². The lowest BCUT2D eigenvalue weighted by molar-refractivity contribution is 0.0942. The SMILES string of the molecule is CC(C)(C)c1ncc(C(=O)NC(c2ccccc2)c2cccnc2)cn1. The van der Waals surface area contributed by atoms with Gasteiger partial charge in [-0.2, -0.15) is 0 Å². The van der Waals surface area contributed by atoms with E-state index < -0.39 is 0 Å². The van der Waals surface area contributed by atoms with E-state index >= 15 is 0 Å². The zero-order valence-corrected chi connectivity index (χ0v) is 15.2. The van der Waals surface area contributed by atoms with Crippen LogP contribution in [0, 0.1) is 0 Å². The number of amides is 1. The van der Waals surface area contributed by atoms with Crippen molar-refractivity contribution in [3.8, 4) is 0 Å². The maximum atomic E-state index is 12.8. The Morgan fingerprint density at radius 3 is 2.15 bits per heavy atom. The van der Waals surface area contributed by atoms with Crippen LogP contribution in [0.15, 0.2) is 67.3 Å². The average molecular weight is 346 g/mol. The molecule has 0 aliphatic rings. The maximum absolute atomic E-state index is 12.8. The zero-order chi connectivity index (χ0) is 18.6. The van der Waals surface area contributed by atoms with Gasteiger partial charge in [-0.05, 0) is 17.2 Å². The summed E-state index contributed by atoms with van der Waals surface area (Å²) >= 11 is 0. The summed E-state index contributed by atoms with van der Waals surface area (Å²) in [5, 5.41) is 3.07. The maximum Gasteiger partial charge on any atom is 0.255 e. The molecular weight excluding hydrogens is 324 g/mol. The smallest absolute Gasteiger partial charge is 0.255 e. The van der Waals surface area contributed by atoms with Crippen molar-refractivity contribution < 1.29 is 4.79 Å². The fourth-order valence-corrected chi connectivity index (χ4v) is 2.60. The van der Waals surface area contributed by atoms with Gasteiger partial charge in [-0.1, -0.05) is 57.2 Å². The molecule has 0 aliphatic carbocycles. The number of rotatable bonds is 4. The van der Waals surface area contributed by atoms with Crippen LogP contribution in [0.1, 0.15) is 54.1 Å². The second kappa shape index (κ2) is 7.44. The fourth-order valence-electron chi connectivity index (χ4n) is 2.60. The topological polar surface area (TPSA) is 67.8 Å². The first-order chi connectivity index (χ1) is 12.4. The van der Waals surface area contributed by atoms with E-state index in [4.69, 9.17) is 0 Å². The zero-order valence-electron chi connectivity index (χ0n) is 15.2. The van der Waals surface area contributed by atoms with Crippen LogP contribution in [0.3, 0.4) is 0 Å². The van der Waals surface area contributed by atoms with Crippen LogP contribution < -0.4 is 5.32 Å². The summed E-state index contributed by atoms with van der Waals surface area (Å²) in [6.07, 6.45) is 6.63. The Labute approximate surface area is 153 Å². The Bertz CT molecular complexity index is 817. The summed E-state index contributed by atoms with van der Waals surface area (Å²) < 4.78 is 0.